The van der Waals surface area contributed by atoms with Crippen molar-refractivity contribution in [3.63, 3.8) is 0 Å². The van der Waals surface area contributed by atoms with Crippen LogP contribution >= 0.6 is 15.9 Å². The molecule has 0 spiro atoms. The van der Waals surface area contributed by atoms with Gasteiger partial charge < -0.3 is 5.32 Å². The van der Waals surface area contributed by atoms with Crippen LogP contribution in [-0.2, 0) is 4.79 Å². The van der Waals surface area contributed by atoms with E-state index in [2.05, 4.69) is 42.0 Å². The van der Waals surface area contributed by atoms with Gasteiger partial charge in [-0.2, -0.15) is 0 Å². The van der Waals surface area contributed by atoms with E-state index >= 15 is 0 Å². The van der Waals surface area contributed by atoms with E-state index in [9.17, 15) is 4.79 Å². The number of amides is 1. The van der Waals surface area contributed by atoms with Gasteiger partial charge in [-0.05, 0) is 24.7 Å². The summed E-state index contributed by atoms with van der Waals surface area (Å²) < 4.78 is 0. The molecule has 16 heavy (non-hydrogen) atoms. The minimum atomic E-state index is 0.0175. The van der Waals surface area contributed by atoms with Crippen molar-refractivity contribution < 1.29 is 4.79 Å². The van der Waals surface area contributed by atoms with Gasteiger partial charge in [0.1, 0.15) is 0 Å². The van der Waals surface area contributed by atoms with Gasteiger partial charge in [0, 0.05) is 17.3 Å². The molecule has 1 aliphatic carbocycles. The number of carbonyl (C=O) groups excluding carboxylic acids is 1. The van der Waals surface area contributed by atoms with Crippen LogP contribution in [0.2, 0.25) is 0 Å². The van der Waals surface area contributed by atoms with Crippen molar-refractivity contribution >= 4 is 21.8 Å². The Bertz CT molecular complexity index is 242. The average molecular weight is 290 g/mol. The molecule has 1 aliphatic rings. The quantitative estimate of drug-likeness (QED) is 0.789. The molecule has 1 N–H and O–H groups in total. The summed E-state index contributed by atoms with van der Waals surface area (Å²) in [4.78, 5) is 11.9. The highest BCUT2D eigenvalue weighted by Crippen LogP contribution is 2.33. The minimum Gasteiger partial charge on any atom is -0.350 e. The molecule has 3 heteroatoms. The Hall–Kier alpha value is -0.0500. The summed E-state index contributed by atoms with van der Waals surface area (Å²) in [6.45, 7) is 6.46. The number of hydrogen-bond donors (Lipinski definition) is 1. The monoisotopic (exact) mass is 289 g/mol. The fourth-order valence-electron chi connectivity index (χ4n) is 2.65. The molecule has 0 aromatic carbocycles. The lowest BCUT2D eigenvalue weighted by molar-refractivity contribution is -0.124. The van der Waals surface area contributed by atoms with Crippen LogP contribution in [0.1, 0.15) is 52.9 Å². The average Bonchev–Trinajstić information content (AvgIpc) is 2.16. The van der Waals surface area contributed by atoms with E-state index in [4.69, 9.17) is 0 Å². The lowest BCUT2D eigenvalue weighted by atomic mass is 9.77. The number of rotatable bonds is 4. The van der Waals surface area contributed by atoms with Gasteiger partial charge in [-0.25, -0.2) is 0 Å². The van der Waals surface area contributed by atoms with E-state index in [0.29, 0.717) is 12.3 Å². The van der Waals surface area contributed by atoms with Gasteiger partial charge >= 0.3 is 0 Å². The van der Waals surface area contributed by atoms with Crippen LogP contribution in [-0.4, -0.2) is 16.8 Å². The molecule has 0 bridgehead atoms. The topological polar surface area (TPSA) is 29.1 Å². The van der Waals surface area contributed by atoms with Gasteiger partial charge in [0.05, 0.1) is 0 Å². The SMILES string of the molecule is CC(C)CC(=O)NC1(CBr)CCCC(C)C1. The fourth-order valence-corrected chi connectivity index (χ4v) is 3.30. The van der Waals surface area contributed by atoms with Crippen molar-refractivity contribution in [3.05, 3.63) is 0 Å². The Kier molecular flexibility index (Phi) is 5.29. The lowest BCUT2D eigenvalue weighted by Crippen LogP contribution is -2.52. The molecule has 1 amide bonds. The van der Waals surface area contributed by atoms with Crippen LogP contribution in [0.25, 0.3) is 0 Å². The molecule has 1 rings (SSSR count). The zero-order chi connectivity index (χ0) is 12.2. The highest BCUT2D eigenvalue weighted by molar-refractivity contribution is 9.09. The van der Waals surface area contributed by atoms with Crippen LogP contribution < -0.4 is 5.32 Å². The summed E-state index contributed by atoms with van der Waals surface area (Å²) in [6.07, 6.45) is 5.40. The predicted molar refractivity (Wildman–Crippen MR) is 71.8 cm³/mol. The molecule has 2 atom stereocenters. The zero-order valence-electron chi connectivity index (χ0n) is 10.7. The fraction of sp³-hybridized carbons (Fsp3) is 0.923. The van der Waals surface area contributed by atoms with Gasteiger partial charge in [0.15, 0.2) is 0 Å². The van der Waals surface area contributed by atoms with Crippen LogP contribution in [0.5, 0.6) is 0 Å². The Morgan fingerprint density at radius 3 is 2.75 bits per heavy atom. The lowest BCUT2D eigenvalue weighted by Gasteiger charge is -2.39. The molecule has 1 fully saturated rings. The molecular weight excluding hydrogens is 266 g/mol. The van der Waals surface area contributed by atoms with Crippen LogP contribution in [0.15, 0.2) is 0 Å². The van der Waals surface area contributed by atoms with Gasteiger partial charge in [-0.3, -0.25) is 4.79 Å². The molecule has 0 aromatic heterocycles. The number of nitrogens with one attached hydrogen (secondary N) is 1. The molecule has 2 unspecified atom stereocenters. The summed E-state index contributed by atoms with van der Waals surface area (Å²) >= 11 is 3.58. The molecule has 1 saturated carbocycles. The smallest absolute Gasteiger partial charge is 0.220 e. The maximum atomic E-state index is 11.9. The second-order valence-corrected chi connectivity index (χ2v) is 6.32. The first-order valence-electron chi connectivity index (χ1n) is 6.34. The summed E-state index contributed by atoms with van der Waals surface area (Å²) in [7, 11) is 0. The van der Waals surface area contributed by atoms with E-state index < -0.39 is 0 Å². The van der Waals surface area contributed by atoms with Gasteiger partial charge in [-0.15, -0.1) is 0 Å². The Labute approximate surface area is 108 Å². The Morgan fingerprint density at radius 1 is 1.56 bits per heavy atom. The first-order chi connectivity index (χ1) is 7.47. The molecule has 0 heterocycles. The van der Waals surface area contributed by atoms with E-state index in [-0.39, 0.29) is 11.4 Å². The number of alkyl halides is 1. The summed E-state index contributed by atoms with van der Waals surface area (Å²) in [5.74, 6) is 1.38. The third kappa shape index (κ3) is 4.08. The first-order valence-corrected chi connectivity index (χ1v) is 7.46. The van der Waals surface area contributed by atoms with Crippen molar-refractivity contribution in [1.82, 2.24) is 5.32 Å². The zero-order valence-corrected chi connectivity index (χ0v) is 12.3. The molecule has 0 aliphatic heterocycles. The van der Waals surface area contributed by atoms with Gasteiger partial charge in [-0.1, -0.05) is 49.5 Å². The number of carbonyl (C=O) groups is 1. The predicted octanol–water partition coefficient (Wildman–Crippen LogP) is 3.49. The number of hydrogen-bond acceptors (Lipinski definition) is 1. The van der Waals surface area contributed by atoms with E-state index in [1.807, 2.05) is 0 Å². The molecule has 2 nitrogen and oxygen atoms in total. The van der Waals surface area contributed by atoms with Crippen molar-refractivity contribution in [1.29, 1.82) is 0 Å². The van der Waals surface area contributed by atoms with Crippen LogP contribution in [0, 0.1) is 11.8 Å². The van der Waals surface area contributed by atoms with Crippen LogP contribution in [0.3, 0.4) is 0 Å². The largest absolute Gasteiger partial charge is 0.350 e. The molecule has 0 radical (unpaired) electrons. The Balaban J connectivity index is 2.55. The van der Waals surface area contributed by atoms with E-state index in [0.717, 1.165) is 24.1 Å². The summed E-state index contributed by atoms with van der Waals surface area (Å²) in [5.41, 5.74) is 0.0175. The standard InChI is InChI=1S/C13H24BrNO/c1-10(2)7-12(16)15-13(9-14)6-4-5-11(3)8-13/h10-11H,4-9H2,1-3H3,(H,15,16). The summed E-state index contributed by atoms with van der Waals surface area (Å²) in [5, 5.41) is 4.14. The highest BCUT2D eigenvalue weighted by Gasteiger charge is 2.35. The maximum absolute atomic E-state index is 11.9. The highest BCUT2D eigenvalue weighted by atomic mass is 79.9. The van der Waals surface area contributed by atoms with Crippen molar-refractivity contribution in [2.75, 3.05) is 5.33 Å². The minimum absolute atomic E-state index is 0.0175. The Morgan fingerprint density at radius 2 is 2.25 bits per heavy atom. The second-order valence-electron chi connectivity index (χ2n) is 5.76. The molecule has 0 saturated heterocycles. The third-order valence-electron chi connectivity index (χ3n) is 3.35. The third-order valence-corrected chi connectivity index (χ3v) is 4.42. The summed E-state index contributed by atoms with van der Waals surface area (Å²) in [6, 6.07) is 0. The normalized spacial score (nSPS) is 30.4. The maximum Gasteiger partial charge on any atom is 0.220 e. The van der Waals surface area contributed by atoms with Crippen molar-refractivity contribution in [3.8, 4) is 0 Å². The van der Waals surface area contributed by atoms with Crippen molar-refractivity contribution in [2.24, 2.45) is 11.8 Å². The van der Waals surface area contributed by atoms with E-state index in [1.165, 1.54) is 12.8 Å². The second kappa shape index (κ2) is 6.04. The van der Waals surface area contributed by atoms with Crippen LogP contribution in [0.4, 0.5) is 0 Å². The first kappa shape index (κ1) is 14.0. The van der Waals surface area contributed by atoms with Crippen molar-refractivity contribution in [2.45, 2.75) is 58.4 Å². The van der Waals surface area contributed by atoms with Gasteiger partial charge in [0.25, 0.3) is 0 Å². The molecular formula is C13H24BrNO. The molecule has 94 valence electrons. The number of halogens is 1. The van der Waals surface area contributed by atoms with Gasteiger partial charge in [0.2, 0.25) is 5.91 Å². The van der Waals surface area contributed by atoms with E-state index in [1.54, 1.807) is 0 Å². The molecule has 0 aromatic rings.